The predicted molar refractivity (Wildman–Crippen MR) is 190 cm³/mol. The van der Waals surface area contributed by atoms with Gasteiger partial charge < -0.3 is 19.9 Å². The molecule has 0 fully saturated rings. The second kappa shape index (κ2) is 17.3. The lowest BCUT2D eigenvalue weighted by Gasteiger charge is -2.31. The molecule has 49 heavy (non-hydrogen) atoms. The zero-order chi connectivity index (χ0) is 35.6. The van der Waals surface area contributed by atoms with Gasteiger partial charge in [-0.05, 0) is 87.1 Å². The fourth-order valence-corrected chi connectivity index (χ4v) is 6.14. The summed E-state index contributed by atoms with van der Waals surface area (Å²) in [7, 11) is 2.07. The van der Waals surface area contributed by atoms with Crippen molar-refractivity contribution < 1.29 is 27.1 Å². The Morgan fingerprint density at radius 2 is 1.59 bits per heavy atom. The van der Waals surface area contributed by atoms with Crippen molar-refractivity contribution >= 4 is 21.5 Å². The van der Waals surface area contributed by atoms with Crippen molar-refractivity contribution in [2.45, 2.75) is 50.2 Å². The molecule has 0 radical (unpaired) electrons. The number of pyridine rings is 1. The summed E-state index contributed by atoms with van der Waals surface area (Å²) in [4.78, 5) is 35.0. The molecule has 0 spiro atoms. The van der Waals surface area contributed by atoms with Crippen LogP contribution in [0.25, 0.3) is 11.3 Å². The Labute approximate surface area is 289 Å². The third-order valence-electron chi connectivity index (χ3n) is 8.22. The van der Waals surface area contributed by atoms with Crippen LogP contribution in [-0.2, 0) is 34.1 Å². The first-order valence-electron chi connectivity index (χ1n) is 16.2. The summed E-state index contributed by atoms with van der Waals surface area (Å²) in [5, 5.41) is 3.41. The topological polar surface area (TPSA) is 109 Å². The fourth-order valence-electron chi connectivity index (χ4n) is 5.51. The van der Waals surface area contributed by atoms with Gasteiger partial charge in [-0.2, -0.15) is 0 Å². The molecule has 0 aliphatic rings. The number of benzene rings is 3. The fraction of sp³-hybridized carbons (Fsp3) is 0.342. The van der Waals surface area contributed by atoms with Crippen LogP contribution in [0.3, 0.4) is 0 Å². The maximum atomic E-state index is 14.1. The first-order valence-corrected chi connectivity index (χ1v) is 18.1. The summed E-state index contributed by atoms with van der Waals surface area (Å²) < 4.78 is 42.3. The highest BCUT2D eigenvalue weighted by atomic mass is 32.2. The van der Waals surface area contributed by atoms with Gasteiger partial charge in [0.1, 0.15) is 0 Å². The second-order valence-electron chi connectivity index (χ2n) is 12.5. The highest BCUT2D eigenvalue weighted by molar-refractivity contribution is 7.90. The Morgan fingerprint density at radius 1 is 0.918 bits per heavy atom. The average Bonchev–Trinajstić information content (AvgIpc) is 3.08. The summed E-state index contributed by atoms with van der Waals surface area (Å²) >= 11 is 0. The minimum absolute atomic E-state index is 0.0198. The first kappa shape index (κ1) is 37.4. The summed E-state index contributed by atoms with van der Waals surface area (Å²) in [5.41, 5.74) is 5.07. The van der Waals surface area contributed by atoms with Gasteiger partial charge in [-0.3, -0.25) is 14.6 Å². The van der Waals surface area contributed by atoms with Gasteiger partial charge in [0.25, 0.3) is 0 Å². The molecule has 9 nitrogen and oxygen atoms in total. The Morgan fingerprint density at radius 3 is 2.18 bits per heavy atom. The lowest BCUT2D eigenvalue weighted by molar-refractivity contribution is -0.134. The molecule has 0 saturated heterocycles. The number of methoxy groups -OCH3 is 1. The Kier molecular flexibility index (Phi) is 13.2. The second-order valence-corrected chi connectivity index (χ2v) is 14.5. The number of Topliss-reactive ketones (excluding diaryl/α,β-unsaturated/α-hetero) is 1. The lowest BCUT2D eigenvalue weighted by atomic mass is 10.0. The molecule has 1 N–H and O–H groups in total. The van der Waals surface area contributed by atoms with Crippen LogP contribution in [0.1, 0.15) is 46.8 Å². The number of hydrogen-bond acceptors (Lipinski definition) is 8. The molecule has 0 saturated carbocycles. The van der Waals surface area contributed by atoms with Gasteiger partial charge in [0.2, 0.25) is 5.91 Å². The van der Waals surface area contributed by atoms with Crippen LogP contribution in [-0.4, -0.2) is 81.5 Å². The molecular formula is C38H45FN4O5S. The summed E-state index contributed by atoms with van der Waals surface area (Å²) in [6, 6.07) is 22.9. The van der Waals surface area contributed by atoms with Crippen molar-refractivity contribution in [1.82, 2.24) is 20.1 Å². The van der Waals surface area contributed by atoms with Gasteiger partial charge in [0.05, 0.1) is 17.7 Å². The highest BCUT2D eigenvalue weighted by Gasteiger charge is 2.22. The van der Waals surface area contributed by atoms with E-state index in [2.05, 4.69) is 10.3 Å². The number of nitrogens with one attached hydrogen (secondary N) is 1. The normalized spacial score (nSPS) is 12.1. The Hall–Kier alpha value is -4.45. The molecule has 11 heteroatoms. The lowest BCUT2D eigenvalue weighted by Crippen LogP contribution is -2.43. The molecular weight excluding hydrogens is 644 g/mol. The molecule has 4 rings (SSSR count). The summed E-state index contributed by atoms with van der Waals surface area (Å²) in [5.74, 6) is -0.990. The SMILES string of the molecule is COc1ccc(C(=O)CCC(=O)N(Cc2ccc(-c3ccc(CNCCc4ccc(S(C)(=O)=O)cc4)cn3)cc2)C(C)CN(C)C)cc1F. The molecule has 1 amide bonds. The molecule has 1 heterocycles. The molecule has 1 aromatic heterocycles. The van der Waals surface area contributed by atoms with Crippen LogP contribution in [0.5, 0.6) is 5.75 Å². The van der Waals surface area contributed by atoms with Crippen LogP contribution in [0, 0.1) is 5.82 Å². The number of carbonyl (C=O) groups excluding carboxylic acids is 2. The third kappa shape index (κ3) is 11.0. The molecule has 0 aliphatic heterocycles. The molecule has 0 aliphatic carbocycles. The van der Waals surface area contributed by atoms with E-state index in [0.717, 1.165) is 47.0 Å². The molecule has 1 unspecified atom stereocenters. The standard InChI is InChI=1S/C38H45FN4O5S/c1-27(25-42(2)3)43(38(45)19-17-36(44)32-13-18-37(48-4)34(39)22-32)26-29-6-11-31(12-7-29)35-16-10-30(24-41-35)23-40-21-20-28-8-14-33(15-9-28)49(5,46)47/h6-16,18,22,24,27,40H,17,19-21,23,25-26H2,1-5H3. The number of amides is 1. The van der Waals surface area contributed by atoms with Crippen molar-refractivity contribution in [2.75, 3.05) is 40.6 Å². The van der Waals surface area contributed by atoms with Crippen molar-refractivity contribution in [3.8, 4) is 17.0 Å². The van der Waals surface area contributed by atoms with E-state index < -0.39 is 15.7 Å². The first-order chi connectivity index (χ1) is 23.3. The zero-order valence-corrected chi connectivity index (χ0v) is 29.6. The number of nitrogens with zero attached hydrogens (tertiary/aromatic N) is 3. The van der Waals surface area contributed by atoms with Gasteiger partial charge >= 0.3 is 0 Å². The molecule has 1 atom stereocenters. The summed E-state index contributed by atoms with van der Waals surface area (Å²) in [6.45, 7) is 4.44. The van der Waals surface area contributed by atoms with Gasteiger partial charge in [-0.15, -0.1) is 0 Å². The quantitative estimate of drug-likeness (QED) is 0.113. The monoisotopic (exact) mass is 688 g/mol. The van der Waals surface area contributed by atoms with E-state index in [1.165, 1.54) is 25.5 Å². The molecule has 260 valence electrons. The van der Waals surface area contributed by atoms with Crippen molar-refractivity contribution in [2.24, 2.45) is 0 Å². The van der Waals surface area contributed by atoms with E-state index in [1.807, 2.05) is 80.6 Å². The van der Waals surface area contributed by atoms with E-state index in [4.69, 9.17) is 4.74 Å². The minimum atomic E-state index is -3.19. The average molecular weight is 689 g/mol. The number of halogens is 1. The largest absolute Gasteiger partial charge is 0.494 e. The number of ketones is 1. The van der Waals surface area contributed by atoms with Gasteiger partial charge in [-0.1, -0.05) is 42.5 Å². The van der Waals surface area contributed by atoms with Crippen LogP contribution < -0.4 is 10.1 Å². The van der Waals surface area contributed by atoms with Crippen LogP contribution in [0.2, 0.25) is 0 Å². The number of aromatic nitrogens is 1. The number of sulfone groups is 1. The number of carbonyl (C=O) groups is 2. The number of likely N-dealkylation sites (N-methyl/N-ethyl adjacent to an activating group) is 1. The summed E-state index contributed by atoms with van der Waals surface area (Å²) in [6.07, 6.45) is 3.83. The van der Waals surface area contributed by atoms with E-state index >= 15 is 0 Å². The van der Waals surface area contributed by atoms with E-state index in [1.54, 1.807) is 17.0 Å². The Bertz CT molecular complexity index is 1810. The maximum absolute atomic E-state index is 14.1. The Balaban J connectivity index is 1.31. The number of hydrogen-bond donors (Lipinski definition) is 1. The van der Waals surface area contributed by atoms with Gasteiger partial charge in [0.15, 0.2) is 27.2 Å². The predicted octanol–water partition coefficient (Wildman–Crippen LogP) is 5.57. The van der Waals surface area contributed by atoms with Crippen LogP contribution in [0.15, 0.2) is 90.0 Å². The van der Waals surface area contributed by atoms with E-state index in [9.17, 15) is 22.4 Å². The smallest absolute Gasteiger partial charge is 0.223 e. The zero-order valence-electron chi connectivity index (χ0n) is 28.8. The number of ether oxygens (including phenoxy) is 1. The molecule has 4 aromatic rings. The van der Waals surface area contributed by atoms with Crippen molar-refractivity contribution in [1.29, 1.82) is 0 Å². The molecule has 0 bridgehead atoms. The van der Waals surface area contributed by atoms with Gasteiger partial charge in [0, 0.05) is 62.1 Å². The van der Waals surface area contributed by atoms with Crippen molar-refractivity contribution in [3.63, 3.8) is 0 Å². The van der Waals surface area contributed by atoms with Crippen molar-refractivity contribution in [3.05, 3.63) is 113 Å². The molecule has 3 aromatic carbocycles. The van der Waals surface area contributed by atoms with E-state index in [0.29, 0.717) is 24.5 Å². The van der Waals surface area contributed by atoms with Crippen LogP contribution in [0.4, 0.5) is 4.39 Å². The van der Waals surface area contributed by atoms with Crippen LogP contribution >= 0.6 is 0 Å². The van der Waals surface area contributed by atoms with Gasteiger partial charge in [-0.25, -0.2) is 12.8 Å². The minimum Gasteiger partial charge on any atom is -0.494 e. The van der Waals surface area contributed by atoms with E-state index in [-0.39, 0.29) is 41.9 Å². The maximum Gasteiger partial charge on any atom is 0.223 e. The number of rotatable bonds is 17. The third-order valence-corrected chi connectivity index (χ3v) is 9.35. The highest BCUT2D eigenvalue weighted by Crippen LogP contribution is 2.22.